The summed E-state index contributed by atoms with van der Waals surface area (Å²) in [5, 5.41) is 0.695. The van der Waals surface area contributed by atoms with Gasteiger partial charge >= 0.3 is 0 Å². The van der Waals surface area contributed by atoms with Crippen LogP contribution in [0.4, 0.5) is 5.82 Å². The van der Waals surface area contributed by atoms with Crippen molar-refractivity contribution in [2.75, 3.05) is 38.5 Å². The lowest BCUT2D eigenvalue weighted by Gasteiger charge is -2.34. The van der Waals surface area contributed by atoms with E-state index in [0.29, 0.717) is 17.3 Å². The highest BCUT2D eigenvalue weighted by Gasteiger charge is 2.21. The van der Waals surface area contributed by atoms with Gasteiger partial charge in [0.2, 0.25) is 5.91 Å². The molecule has 0 atom stereocenters. The van der Waals surface area contributed by atoms with E-state index in [9.17, 15) is 4.79 Å². The van der Waals surface area contributed by atoms with Crippen molar-refractivity contribution in [3.8, 4) is 11.3 Å². The van der Waals surface area contributed by atoms with Crippen molar-refractivity contribution in [2.45, 2.75) is 12.8 Å². The lowest BCUT2D eigenvalue weighted by molar-refractivity contribution is -0.132. The molecule has 2 heterocycles. The molecule has 1 aromatic heterocycles. The summed E-state index contributed by atoms with van der Waals surface area (Å²) in [6.45, 7) is 4.39. The summed E-state index contributed by atoms with van der Waals surface area (Å²) >= 11 is 5.92. The van der Waals surface area contributed by atoms with E-state index in [1.807, 2.05) is 41.3 Å². The first kappa shape index (κ1) is 21.3. The molecule has 1 saturated heterocycles. The van der Waals surface area contributed by atoms with Crippen molar-refractivity contribution in [1.29, 1.82) is 0 Å². The van der Waals surface area contributed by atoms with Gasteiger partial charge in [0.05, 0.1) is 12.1 Å². The third-order valence-corrected chi connectivity index (χ3v) is 5.98. The molecule has 1 aliphatic heterocycles. The Labute approximate surface area is 188 Å². The summed E-state index contributed by atoms with van der Waals surface area (Å²) in [5.74, 6) is 0.722. The van der Waals surface area contributed by atoms with Gasteiger partial charge in [0.25, 0.3) is 0 Å². The highest BCUT2D eigenvalue weighted by molar-refractivity contribution is 6.30. The highest BCUT2D eigenvalue weighted by Crippen LogP contribution is 2.19. The van der Waals surface area contributed by atoms with E-state index in [0.717, 1.165) is 56.0 Å². The first-order valence-corrected chi connectivity index (χ1v) is 11.0. The molecule has 0 bridgehead atoms. The fraction of sp³-hybridized carbons (Fsp3) is 0.280. The van der Waals surface area contributed by atoms with Crippen LogP contribution in [0.3, 0.4) is 0 Å². The van der Waals surface area contributed by atoms with E-state index < -0.39 is 0 Å². The molecule has 31 heavy (non-hydrogen) atoms. The molecule has 1 aliphatic rings. The molecule has 0 saturated carbocycles. The van der Waals surface area contributed by atoms with Crippen molar-refractivity contribution in [2.24, 2.45) is 0 Å². The quantitative estimate of drug-likeness (QED) is 0.638. The smallest absolute Gasteiger partial charge is 0.227 e. The molecule has 6 heteroatoms. The highest BCUT2D eigenvalue weighted by atomic mass is 35.5. The summed E-state index contributed by atoms with van der Waals surface area (Å²) in [5.41, 5.74) is 10.1. The number of nitrogen functional groups attached to an aromatic ring is 1. The Morgan fingerprint density at radius 3 is 2.26 bits per heavy atom. The number of hydrogen-bond acceptors (Lipinski definition) is 4. The number of aromatic nitrogens is 1. The van der Waals surface area contributed by atoms with Gasteiger partial charge < -0.3 is 10.6 Å². The number of piperazine rings is 1. The summed E-state index contributed by atoms with van der Waals surface area (Å²) in [6, 6.07) is 21.7. The van der Waals surface area contributed by atoms with E-state index in [1.54, 1.807) is 6.07 Å². The maximum Gasteiger partial charge on any atom is 0.227 e. The van der Waals surface area contributed by atoms with Gasteiger partial charge in [-0.15, -0.1) is 0 Å². The molecule has 1 amide bonds. The molecule has 5 nitrogen and oxygen atoms in total. The van der Waals surface area contributed by atoms with Crippen LogP contribution in [0.25, 0.3) is 11.3 Å². The first-order valence-electron chi connectivity index (χ1n) is 10.6. The minimum absolute atomic E-state index is 0.188. The van der Waals surface area contributed by atoms with Crippen LogP contribution in [0.1, 0.15) is 11.1 Å². The van der Waals surface area contributed by atoms with Crippen LogP contribution < -0.4 is 5.73 Å². The number of nitrogens with two attached hydrogens (primary N) is 1. The molecule has 1 fully saturated rings. The Morgan fingerprint density at radius 2 is 1.58 bits per heavy atom. The maximum absolute atomic E-state index is 12.6. The molecule has 3 aromatic rings. The third-order valence-electron chi connectivity index (χ3n) is 5.73. The van der Waals surface area contributed by atoms with Gasteiger partial charge in [-0.2, -0.15) is 0 Å². The summed E-state index contributed by atoms with van der Waals surface area (Å²) < 4.78 is 0. The average Bonchev–Trinajstić information content (AvgIpc) is 2.80. The number of rotatable bonds is 6. The number of halogens is 1. The van der Waals surface area contributed by atoms with Crippen molar-refractivity contribution in [3.63, 3.8) is 0 Å². The fourth-order valence-electron chi connectivity index (χ4n) is 3.85. The number of amides is 1. The molecule has 0 unspecified atom stereocenters. The predicted octanol–water partition coefficient (Wildman–Crippen LogP) is 3.91. The fourth-order valence-corrected chi connectivity index (χ4v) is 3.98. The minimum Gasteiger partial charge on any atom is -0.384 e. The van der Waals surface area contributed by atoms with Gasteiger partial charge in [-0.3, -0.25) is 9.69 Å². The lowest BCUT2D eigenvalue weighted by atomic mass is 10.1. The van der Waals surface area contributed by atoms with E-state index in [-0.39, 0.29) is 5.91 Å². The van der Waals surface area contributed by atoms with Crippen LogP contribution in [0, 0.1) is 0 Å². The van der Waals surface area contributed by atoms with Crippen molar-refractivity contribution < 1.29 is 4.79 Å². The molecule has 2 N–H and O–H groups in total. The van der Waals surface area contributed by atoms with Gasteiger partial charge in [0.1, 0.15) is 5.82 Å². The van der Waals surface area contributed by atoms with E-state index in [2.05, 4.69) is 34.1 Å². The topological polar surface area (TPSA) is 62.5 Å². The monoisotopic (exact) mass is 434 g/mol. The standard InChI is InChI=1S/C25H27ClN4O/c26-22-10-6-20(7-11-22)18-25(31)30-16-14-29(15-17-30)13-12-19-4-8-21(9-5-19)23-2-1-3-24(27)28-23/h1-11H,12-18H2,(H2,27,28). The van der Waals surface area contributed by atoms with Crippen molar-refractivity contribution in [1.82, 2.24) is 14.8 Å². The van der Waals surface area contributed by atoms with Crippen LogP contribution in [0.2, 0.25) is 5.02 Å². The molecule has 2 aromatic carbocycles. The van der Waals surface area contributed by atoms with Gasteiger partial charge in [-0.25, -0.2) is 4.98 Å². The van der Waals surface area contributed by atoms with Gasteiger partial charge in [0.15, 0.2) is 0 Å². The zero-order chi connectivity index (χ0) is 21.6. The Kier molecular flexibility index (Phi) is 6.85. The van der Waals surface area contributed by atoms with Crippen LogP contribution in [0.15, 0.2) is 66.7 Å². The molecule has 0 spiro atoms. The third kappa shape index (κ3) is 5.84. The van der Waals surface area contributed by atoms with Crippen LogP contribution in [-0.2, 0) is 17.6 Å². The molecule has 0 aliphatic carbocycles. The number of carbonyl (C=O) groups excluding carboxylic acids is 1. The molecular weight excluding hydrogens is 408 g/mol. The Bertz CT molecular complexity index is 1010. The van der Waals surface area contributed by atoms with Crippen molar-refractivity contribution >= 4 is 23.3 Å². The van der Waals surface area contributed by atoms with E-state index in [4.69, 9.17) is 17.3 Å². The predicted molar refractivity (Wildman–Crippen MR) is 126 cm³/mol. The molecule has 4 rings (SSSR count). The zero-order valence-corrected chi connectivity index (χ0v) is 18.3. The molecule has 0 radical (unpaired) electrons. The van der Waals surface area contributed by atoms with Gasteiger partial charge in [0, 0.05) is 43.3 Å². The zero-order valence-electron chi connectivity index (χ0n) is 17.5. The second kappa shape index (κ2) is 9.94. The largest absolute Gasteiger partial charge is 0.384 e. The second-order valence-electron chi connectivity index (χ2n) is 7.92. The summed E-state index contributed by atoms with van der Waals surface area (Å²) in [4.78, 5) is 21.3. The number of anilines is 1. The summed E-state index contributed by atoms with van der Waals surface area (Å²) in [6.07, 6.45) is 1.43. The molecular formula is C25H27ClN4O. The second-order valence-corrected chi connectivity index (χ2v) is 8.36. The number of pyridine rings is 1. The van der Waals surface area contributed by atoms with Gasteiger partial charge in [-0.1, -0.05) is 54.1 Å². The minimum atomic E-state index is 0.188. The Balaban J connectivity index is 1.23. The molecule has 160 valence electrons. The maximum atomic E-state index is 12.6. The van der Waals surface area contributed by atoms with Crippen LogP contribution in [-0.4, -0.2) is 53.4 Å². The average molecular weight is 435 g/mol. The van der Waals surface area contributed by atoms with E-state index in [1.165, 1.54) is 5.56 Å². The van der Waals surface area contributed by atoms with E-state index >= 15 is 0 Å². The first-order chi connectivity index (χ1) is 15.1. The SMILES string of the molecule is Nc1cccc(-c2ccc(CCN3CCN(C(=O)Cc4ccc(Cl)cc4)CC3)cc2)n1. The Hall–Kier alpha value is -2.89. The van der Waals surface area contributed by atoms with Gasteiger partial charge in [-0.05, 0) is 41.8 Å². The Morgan fingerprint density at radius 1 is 0.903 bits per heavy atom. The van der Waals surface area contributed by atoms with Crippen LogP contribution in [0.5, 0.6) is 0 Å². The normalized spacial score (nSPS) is 14.5. The number of carbonyl (C=O) groups is 1. The van der Waals surface area contributed by atoms with Crippen LogP contribution >= 0.6 is 11.6 Å². The van der Waals surface area contributed by atoms with Crippen molar-refractivity contribution in [3.05, 3.63) is 82.9 Å². The summed E-state index contributed by atoms with van der Waals surface area (Å²) in [7, 11) is 0. The number of hydrogen-bond donors (Lipinski definition) is 1. The number of benzene rings is 2. The number of nitrogens with zero attached hydrogens (tertiary/aromatic N) is 3. The lowest BCUT2D eigenvalue weighted by Crippen LogP contribution is -2.49.